The number of nitrogens with two attached hydrogens (primary N) is 1. The molecule has 1 aromatic heterocycles. The number of hydrogen-bond acceptors (Lipinski definition) is 3. The Morgan fingerprint density at radius 1 is 1.25 bits per heavy atom. The summed E-state index contributed by atoms with van der Waals surface area (Å²) in [5, 5.41) is 1.20. The molecule has 108 valence electrons. The lowest BCUT2D eigenvalue weighted by Crippen LogP contribution is -2.34. The summed E-state index contributed by atoms with van der Waals surface area (Å²) >= 11 is 1.80. The Kier molecular flexibility index (Phi) is 4.37. The highest BCUT2D eigenvalue weighted by Gasteiger charge is 2.25. The van der Waals surface area contributed by atoms with Gasteiger partial charge in [0.1, 0.15) is 0 Å². The maximum absolute atomic E-state index is 6.46. The van der Waals surface area contributed by atoms with Crippen LogP contribution in [0.3, 0.4) is 0 Å². The normalized spacial score (nSPS) is 24.9. The Morgan fingerprint density at radius 2 is 2.00 bits per heavy atom. The standard InChI is InChI=1S/C17H24N2S/c1-2-12-7-9-13(10-8-12)14(18)11-17-19-15-5-3-4-6-16(15)20-17/h3-6,12-14H,2,7-11,18H2,1H3. The van der Waals surface area contributed by atoms with Gasteiger partial charge in [-0.2, -0.15) is 0 Å². The van der Waals surface area contributed by atoms with E-state index in [9.17, 15) is 0 Å². The number of nitrogens with zero attached hydrogens (tertiary/aromatic N) is 1. The molecule has 0 spiro atoms. The molecule has 1 atom stereocenters. The van der Waals surface area contributed by atoms with E-state index >= 15 is 0 Å². The van der Waals surface area contributed by atoms with Crippen molar-refractivity contribution in [1.29, 1.82) is 0 Å². The highest BCUT2D eigenvalue weighted by atomic mass is 32.1. The van der Waals surface area contributed by atoms with Crippen molar-refractivity contribution in [3.63, 3.8) is 0 Å². The first kappa shape index (κ1) is 14.0. The van der Waals surface area contributed by atoms with Gasteiger partial charge < -0.3 is 5.73 Å². The Hall–Kier alpha value is -0.930. The predicted molar refractivity (Wildman–Crippen MR) is 87.0 cm³/mol. The second-order valence-corrected chi connectivity index (χ2v) is 7.25. The second kappa shape index (κ2) is 6.23. The zero-order chi connectivity index (χ0) is 13.9. The molecule has 1 unspecified atom stereocenters. The molecule has 1 heterocycles. The zero-order valence-electron chi connectivity index (χ0n) is 12.2. The largest absolute Gasteiger partial charge is 0.327 e. The van der Waals surface area contributed by atoms with E-state index in [0.29, 0.717) is 5.92 Å². The van der Waals surface area contributed by atoms with Crippen molar-refractivity contribution in [1.82, 2.24) is 4.98 Å². The van der Waals surface area contributed by atoms with Gasteiger partial charge in [0.25, 0.3) is 0 Å². The number of hydrogen-bond donors (Lipinski definition) is 1. The van der Waals surface area contributed by atoms with E-state index in [4.69, 9.17) is 10.7 Å². The van der Waals surface area contributed by atoms with Crippen molar-refractivity contribution in [3.8, 4) is 0 Å². The van der Waals surface area contributed by atoms with E-state index in [1.165, 1.54) is 41.8 Å². The van der Waals surface area contributed by atoms with Crippen molar-refractivity contribution in [2.24, 2.45) is 17.6 Å². The molecule has 0 amide bonds. The first-order chi connectivity index (χ1) is 9.76. The molecule has 0 radical (unpaired) electrons. The first-order valence-corrected chi connectivity index (χ1v) is 8.68. The van der Waals surface area contributed by atoms with Crippen LogP contribution in [-0.4, -0.2) is 11.0 Å². The van der Waals surface area contributed by atoms with Crippen molar-refractivity contribution in [2.75, 3.05) is 0 Å². The number of aromatic nitrogens is 1. The first-order valence-electron chi connectivity index (χ1n) is 7.86. The fourth-order valence-corrected chi connectivity index (χ4v) is 4.44. The van der Waals surface area contributed by atoms with Gasteiger partial charge in [-0.05, 0) is 36.8 Å². The summed E-state index contributed by atoms with van der Waals surface area (Å²) < 4.78 is 1.28. The van der Waals surface area contributed by atoms with E-state index in [2.05, 4.69) is 31.2 Å². The summed E-state index contributed by atoms with van der Waals surface area (Å²) in [4.78, 5) is 4.72. The van der Waals surface area contributed by atoms with Crippen LogP contribution >= 0.6 is 11.3 Å². The van der Waals surface area contributed by atoms with Crippen molar-refractivity contribution >= 4 is 21.6 Å². The molecule has 0 saturated heterocycles. The van der Waals surface area contributed by atoms with Gasteiger partial charge in [-0.25, -0.2) is 4.98 Å². The topological polar surface area (TPSA) is 38.9 Å². The minimum atomic E-state index is 0.286. The molecule has 1 aliphatic carbocycles. The minimum Gasteiger partial charge on any atom is -0.327 e. The maximum Gasteiger partial charge on any atom is 0.0954 e. The fourth-order valence-electron chi connectivity index (χ4n) is 3.40. The molecule has 0 aliphatic heterocycles. The molecule has 3 heteroatoms. The molecule has 1 fully saturated rings. The van der Waals surface area contributed by atoms with Crippen LogP contribution in [0.15, 0.2) is 24.3 Å². The summed E-state index contributed by atoms with van der Waals surface area (Å²) in [5.41, 5.74) is 7.58. The number of benzene rings is 1. The summed E-state index contributed by atoms with van der Waals surface area (Å²) in [5.74, 6) is 1.64. The third kappa shape index (κ3) is 3.04. The molecule has 1 saturated carbocycles. The van der Waals surface area contributed by atoms with Crippen LogP contribution in [0, 0.1) is 11.8 Å². The number of rotatable bonds is 4. The molecule has 20 heavy (non-hydrogen) atoms. The van der Waals surface area contributed by atoms with Gasteiger partial charge in [0.15, 0.2) is 0 Å². The Bertz CT molecular complexity index is 522. The lowest BCUT2D eigenvalue weighted by molar-refractivity contribution is 0.238. The summed E-state index contributed by atoms with van der Waals surface area (Å²) in [7, 11) is 0. The third-order valence-corrected chi connectivity index (χ3v) is 5.88. The second-order valence-electron chi connectivity index (χ2n) is 6.13. The summed E-state index contributed by atoms with van der Waals surface area (Å²) in [6, 6.07) is 8.66. The van der Waals surface area contributed by atoms with Crippen LogP contribution in [0.1, 0.15) is 44.0 Å². The smallest absolute Gasteiger partial charge is 0.0954 e. The number of para-hydroxylation sites is 1. The van der Waals surface area contributed by atoms with Crippen molar-refractivity contribution in [2.45, 2.75) is 51.5 Å². The highest BCUT2D eigenvalue weighted by molar-refractivity contribution is 7.18. The van der Waals surface area contributed by atoms with Crippen LogP contribution in [0.5, 0.6) is 0 Å². The van der Waals surface area contributed by atoms with Crippen LogP contribution in [0.25, 0.3) is 10.2 Å². The number of fused-ring (bicyclic) bond motifs is 1. The minimum absolute atomic E-state index is 0.286. The fraction of sp³-hybridized carbons (Fsp3) is 0.588. The average molecular weight is 288 g/mol. The highest BCUT2D eigenvalue weighted by Crippen LogP contribution is 2.33. The quantitative estimate of drug-likeness (QED) is 0.906. The molecule has 2 nitrogen and oxygen atoms in total. The average Bonchev–Trinajstić information content (AvgIpc) is 2.89. The molecular weight excluding hydrogens is 264 g/mol. The van der Waals surface area contributed by atoms with Crippen LogP contribution < -0.4 is 5.73 Å². The molecule has 0 bridgehead atoms. The van der Waals surface area contributed by atoms with E-state index < -0.39 is 0 Å². The van der Waals surface area contributed by atoms with Gasteiger partial charge in [0.2, 0.25) is 0 Å². The van der Waals surface area contributed by atoms with E-state index in [0.717, 1.165) is 17.9 Å². The van der Waals surface area contributed by atoms with Crippen molar-refractivity contribution in [3.05, 3.63) is 29.3 Å². The summed E-state index contributed by atoms with van der Waals surface area (Å²) in [6.07, 6.45) is 7.64. The molecular formula is C17H24N2S. The van der Waals surface area contributed by atoms with Crippen molar-refractivity contribution < 1.29 is 0 Å². The Labute approximate surface area is 125 Å². The zero-order valence-corrected chi connectivity index (χ0v) is 13.0. The van der Waals surface area contributed by atoms with Gasteiger partial charge in [0, 0.05) is 12.5 Å². The Morgan fingerprint density at radius 3 is 2.70 bits per heavy atom. The van der Waals surface area contributed by atoms with E-state index in [1.54, 1.807) is 11.3 Å². The SMILES string of the molecule is CCC1CCC(C(N)Cc2nc3ccccc3s2)CC1. The van der Waals surface area contributed by atoms with Crippen LogP contribution in [0.2, 0.25) is 0 Å². The van der Waals surface area contributed by atoms with Gasteiger partial charge in [-0.3, -0.25) is 0 Å². The van der Waals surface area contributed by atoms with Gasteiger partial charge in [-0.1, -0.05) is 38.3 Å². The molecule has 2 aromatic rings. The Balaban J connectivity index is 1.62. The molecule has 2 N–H and O–H groups in total. The summed E-state index contributed by atoms with van der Waals surface area (Å²) in [6.45, 7) is 2.31. The van der Waals surface area contributed by atoms with E-state index in [-0.39, 0.29) is 6.04 Å². The van der Waals surface area contributed by atoms with Crippen LogP contribution in [0.4, 0.5) is 0 Å². The number of thiazole rings is 1. The van der Waals surface area contributed by atoms with E-state index in [1.807, 2.05) is 0 Å². The van der Waals surface area contributed by atoms with Gasteiger partial charge in [-0.15, -0.1) is 11.3 Å². The van der Waals surface area contributed by atoms with Gasteiger partial charge in [0.05, 0.1) is 15.2 Å². The molecule has 3 rings (SSSR count). The third-order valence-electron chi connectivity index (χ3n) is 4.82. The monoisotopic (exact) mass is 288 g/mol. The predicted octanol–water partition coefficient (Wildman–Crippen LogP) is 4.38. The molecule has 1 aromatic carbocycles. The van der Waals surface area contributed by atoms with Gasteiger partial charge >= 0.3 is 0 Å². The lowest BCUT2D eigenvalue weighted by Gasteiger charge is -2.31. The van der Waals surface area contributed by atoms with Crippen LogP contribution in [-0.2, 0) is 6.42 Å². The molecule has 1 aliphatic rings. The maximum atomic E-state index is 6.46. The lowest BCUT2D eigenvalue weighted by atomic mass is 9.77.